The largest absolute Gasteiger partial charge is 0.367 e. The molecule has 0 saturated carbocycles. The maximum Gasteiger partial charge on any atom is 0.247 e. The van der Waals surface area contributed by atoms with Crippen LogP contribution >= 0.6 is 0 Å². The lowest BCUT2D eigenvalue weighted by Gasteiger charge is -2.35. The van der Waals surface area contributed by atoms with E-state index in [0.29, 0.717) is 43.9 Å². The highest BCUT2D eigenvalue weighted by molar-refractivity contribution is 6.00. The van der Waals surface area contributed by atoms with E-state index in [1.54, 1.807) is 17.2 Å². The molecule has 0 radical (unpaired) electrons. The first-order valence-corrected chi connectivity index (χ1v) is 12.5. The minimum Gasteiger partial charge on any atom is -0.367 e. The average Bonchev–Trinajstić information content (AvgIpc) is 2.95. The van der Waals surface area contributed by atoms with Gasteiger partial charge in [0.1, 0.15) is 18.3 Å². The van der Waals surface area contributed by atoms with Crippen LogP contribution in [0, 0.1) is 11.6 Å². The molecule has 0 aliphatic carbocycles. The van der Waals surface area contributed by atoms with E-state index >= 15 is 8.78 Å². The summed E-state index contributed by atoms with van der Waals surface area (Å²) in [6, 6.07) is 15.2. The molecule has 1 saturated heterocycles. The molecule has 0 spiro atoms. The number of halogens is 3. The molecule has 39 heavy (non-hydrogen) atoms. The lowest BCUT2D eigenvalue weighted by atomic mass is 10.0. The lowest BCUT2D eigenvalue weighted by Crippen LogP contribution is -2.47. The number of rotatable bonds is 8. The van der Waals surface area contributed by atoms with E-state index in [-0.39, 0.29) is 23.2 Å². The Morgan fingerprint density at radius 1 is 1.03 bits per heavy atom. The third-order valence-electron chi connectivity index (χ3n) is 6.63. The van der Waals surface area contributed by atoms with Crippen LogP contribution in [-0.2, 0) is 4.79 Å². The van der Waals surface area contributed by atoms with Crippen LogP contribution in [0.4, 0.5) is 36.2 Å². The van der Waals surface area contributed by atoms with Crippen LogP contribution < -0.4 is 15.5 Å². The Morgan fingerprint density at radius 3 is 2.59 bits per heavy atom. The van der Waals surface area contributed by atoms with E-state index < -0.39 is 18.3 Å². The zero-order chi connectivity index (χ0) is 27.4. The van der Waals surface area contributed by atoms with Gasteiger partial charge in [0.2, 0.25) is 11.9 Å². The summed E-state index contributed by atoms with van der Waals surface area (Å²) in [7, 11) is 0. The molecule has 10 heteroatoms. The lowest BCUT2D eigenvalue weighted by molar-refractivity contribution is -0.111. The van der Waals surface area contributed by atoms with E-state index in [0.717, 1.165) is 28.6 Å². The number of para-hydroxylation sites is 1. The SMILES string of the molecule is C=CC(=O)Nc1cccc(-c2cccc3cnc(Nc4cc(F)c(N5CCN(CCF)CC5)cc4F)nc23)c1. The fourth-order valence-corrected chi connectivity index (χ4v) is 4.63. The van der Waals surface area contributed by atoms with Gasteiger partial charge < -0.3 is 15.5 Å². The minimum absolute atomic E-state index is 0.0849. The van der Waals surface area contributed by atoms with Crippen molar-refractivity contribution in [1.82, 2.24) is 14.9 Å². The molecule has 0 bridgehead atoms. The molecular weight excluding hydrogens is 505 g/mol. The van der Waals surface area contributed by atoms with Gasteiger partial charge in [-0.05, 0) is 23.8 Å². The van der Waals surface area contributed by atoms with E-state index in [1.807, 2.05) is 41.3 Å². The number of nitrogens with zero attached hydrogens (tertiary/aromatic N) is 4. The summed E-state index contributed by atoms with van der Waals surface area (Å²) in [5.41, 5.74) is 2.87. The van der Waals surface area contributed by atoms with Crippen molar-refractivity contribution in [3.05, 3.63) is 85.1 Å². The number of piperazine rings is 1. The highest BCUT2D eigenvalue weighted by Gasteiger charge is 2.21. The first kappa shape index (κ1) is 26.2. The maximum atomic E-state index is 15.1. The van der Waals surface area contributed by atoms with Gasteiger partial charge in [-0.15, -0.1) is 0 Å². The summed E-state index contributed by atoms with van der Waals surface area (Å²) in [6.07, 6.45) is 2.80. The van der Waals surface area contributed by atoms with Crippen LogP contribution in [0.5, 0.6) is 0 Å². The number of aromatic nitrogens is 2. The Morgan fingerprint density at radius 2 is 1.82 bits per heavy atom. The molecule has 0 atom stereocenters. The van der Waals surface area contributed by atoms with Gasteiger partial charge in [0.25, 0.3) is 0 Å². The normalized spacial score (nSPS) is 13.9. The van der Waals surface area contributed by atoms with Crippen molar-refractivity contribution in [2.24, 2.45) is 0 Å². The van der Waals surface area contributed by atoms with Crippen molar-refractivity contribution in [2.75, 3.05) is 54.9 Å². The third-order valence-corrected chi connectivity index (χ3v) is 6.63. The molecule has 7 nitrogen and oxygen atoms in total. The van der Waals surface area contributed by atoms with Crippen molar-refractivity contribution >= 4 is 39.8 Å². The smallest absolute Gasteiger partial charge is 0.247 e. The molecule has 2 N–H and O–H groups in total. The van der Waals surface area contributed by atoms with Crippen LogP contribution in [-0.4, -0.2) is 60.2 Å². The first-order valence-electron chi connectivity index (χ1n) is 12.5. The van der Waals surface area contributed by atoms with Crippen molar-refractivity contribution < 1.29 is 18.0 Å². The Labute approximate surface area is 224 Å². The monoisotopic (exact) mass is 532 g/mol. The fourth-order valence-electron chi connectivity index (χ4n) is 4.63. The molecule has 200 valence electrons. The molecule has 0 unspecified atom stereocenters. The second-order valence-electron chi connectivity index (χ2n) is 9.14. The predicted octanol–water partition coefficient (Wildman–Crippen LogP) is 5.53. The topological polar surface area (TPSA) is 73.4 Å². The van der Waals surface area contributed by atoms with Gasteiger partial charge in [0, 0.05) is 67.7 Å². The second-order valence-corrected chi connectivity index (χ2v) is 9.14. The number of hydrogen-bond donors (Lipinski definition) is 2. The van der Waals surface area contributed by atoms with Gasteiger partial charge in [0.05, 0.1) is 16.9 Å². The summed E-state index contributed by atoms with van der Waals surface area (Å²) in [5.74, 6) is -1.42. The number of nitrogens with one attached hydrogen (secondary N) is 2. The maximum absolute atomic E-state index is 15.1. The first-order chi connectivity index (χ1) is 18.9. The van der Waals surface area contributed by atoms with Gasteiger partial charge in [-0.1, -0.05) is 36.9 Å². The van der Waals surface area contributed by atoms with Gasteiger partial charge in [-0.25, -0.2) is 23.1 Å². The van der Waals surface area contributed by atoms with Crippen LogP contribution in [0.25, 0.3) is 22.0 Å². The third kappa shape index (κ3) is 5.85. The summed E-state index contributed by atoms with van der Waals surface area (Å²) >= 11 is 0. The van der Waals surface area contributed by atoms with Crippen molar-refractivity contribution in [1.29, 1.82) is 0 Å². The predicted molar refractivity (Wildman–Crippen MR) is 148 cm³/mol. The fraction of sp³-hybridized carbons (Fsp3) is 0.207. The summed E-state index contributed by atoms with van der Waals surface area (Å²) in [6.45, 7) is 5.53. The van der Waals surface area contributed by atoms with Crippen LogP contribution in [0.3, 0.4) is 0 Å². The Balaban J connectivity index is 1.40. The number of fused-ring (bicyclic) bond motifs is 1. The van der Waals surface area contributed by atoms with Gasteiger partial charge in [-0.2, -0.15) is 0 Å². The van der Waals surface area contributed by atoms with Crippen LogP contribution in [0.1, 0.15) is 0 Å². The Kier molecular flexibility index (Phi) is 7.74. The van der Waals surface area contributed by atoms with Crippen molar-refractivity contribution in [2.45, 2.75) is 0 Å². The van der Waals surface area contributed by atoms with Crippen molar-refractivity contribution in [3.8, 4) is 11.1 Å². The van der Waals surface area contributed by atoms with E-state index in [1.165, 1.54) is 6.08 Å². The number of anilines is 4. The minimum atomic E-state index is -0.639. The zero-order valence-electron chi connectivity index (χ0n) is 21.1. The molecule has 3 aromatic carbocycles. The molecule has 2 heterocycles. The Bertz CT molecular complexity index is 1520. The van der Waals surface area contributed by atoms with Gasteiger partial charge >= 0.3 is 0 Å². The number of hydrogen-bond acceptors (Lipinski definition) is 6. The highest BCUT2D eigenvalue weighted by atomic mass is 19.1. The standard InChI is InChI=1S/C29H27F3N6O/c1-2-27(39)34-21-7-3-5-19(15-21)22-8-4-6-20-18-33-29(36-28(20)22)35-25-16-24(32)26(17-23(25)31)38-13-11-37(10-9-30)12-14-38/h2-8,15-18H,1,9-14H2,(H,34,39)(H,33,35,36). The van der Waals surface area contributed by atoms with Crippen molar-refractivity contribution in [3.63, 3.8) is 0 Å². The number of carbonyl (C=O) groups excluding carboxylic acids is 1. The van der Waals surface area contributed by atoms with Gasteiger partial charge in [0.15, 0.2) is 0 Å². The number of benzene rings is 3. The average molecular weight is 533 g/mol. The molecule has 1 aliphatic heterocycles. The molecule has 1 aliphatic rings. The van der Waals surface area contributed by atoms with E-state index in [4.69, 9.17) is 0 Å². The van der Waals surface area contributed by atoms with Crippen LogP contribution in [0.2, 0.25) is 0 Å². The molecule has 1 amide bonds. The molecule has 4 aromatic rings. The summed E-state index contributed by atoms with van der Waals surface area (Å²) in [4.78, 5) is 24.3. The Hall–Kier alpha value is -4.44. The summed E-state index contributed by atoms with van der Waals surface area (Å²) in [5, 5.41) is 6.31. The zero-order valence-corrected chi connectivity index (χ0v) is 21.1. The molecular formula is C29H27F3N6O. The van der Waals surface area contributed by atoms with E-state index in [9.17, 15) is 9.18 Å². The number of carbonyl (C=O) groups is 1. The van der Waals surface area contributed by atoms with Crippen LogP contribution in [0.15, 0.2) is 73.4 Å². The molecule has 1 fully saturated rings. The highest BCUT2D eigenvalue weighted by Crippen LogP contribution is 2.31. The molecule has 1 aromatic heterocycles. The molecule has 5 rings (SSSR count). The summed E-state index contributed by atoms with van der Waals surface area (Å²) < 4.78 is 42.8. The second kappa shape index (κ2) is 11.5. The number of amides is 1. The quantitative estimate of drug-likeness (QED) is 0.291. The number of alkyl halides is 1. The van der Waals surface area contributed by atoms with E-state index in [2.05, 4.69) is 27.2 Å². The van der Waals surface area contributed by atoms with Gasteiger partial charge in [-0.3, -0.25) is 9.69 Å².